The minimum atomic E-state index is -4.22. The van der Waals surface area contributed by atoms with Crippen molar-refractivity contribution in [3.63, 3.8) is 0 Å². The largest absolute Gasteiger partial charge is 0.411 e. The fraction of sp³-hybridized carbons (Fsp3) is 1.00. The summed E-state index contributed by atoms with van der Waals surface area (Å²) >= 11 is 0. The summed E-state index contributed by atoms with van der Waals surface area (Å²) in [6, 6.07) is 0.965. The lowest BCUT2D eigenvalue weighted by Crippen LogP contribution is -2.40. The number of nitrogens with one attached hydrogen (secondary N) is 1. The zero-order valence-electron chi connectivity index (χ0n) is 11.8. The number of nitrogens with zero attached hydrogens (tertiary/aromatic N) is 1. The van der Waals surface area contributed by atoms with Gasteiger partial charge in [0.2, 0.25) is 0 Å². The molecule has 0 bridgehead atoms. The molecule has 1 heterocycles. The van der Waals surface area contributed by atoms with Gasteiger partial charge < -0.3 is 10.1 Å². The quantitative estimate of drug-likeness (QED) is 0.757. The van der Waals surface area contributed by atoms with Crippen molar-refractivity contribution in [1.29, 1.82) is 0 Å². The molecule has 1 saturated heterocycles. The first kappa shape index (κ1) is 16.7. The highest BCUT2D eigenvalue weighted by molar-refractivity contribution is 4.80. The van der Waals surface area contributed by atoms with E-state index in [1.807, 2.05) is 0 Å². The van der Waals surface area contributed by atoms with Gasteiger partial charge in [0.15, 0.2) is 0 Å². The van der Waals surface area contributed by atoms with E-state index in [-0.39, 0.29) is 6.61 Å². The van der Waals surface area contributed by atoms with E-state index in [2.05, 4.69) is 28.8 Å². The monoisotopic (exact) mass is 282 g/mol. The van der Waals surface area contributed by atoms with E-state index in [0.717, 1.165) is 32.5 Å². The van der Waals surface area contributed by atoms with Crippen molar-refractivity contribution in [1.82, 2.24) is 10.2 Å². The van der Waals surface area contributed by atoms with Gasteiger partial charge in [0.05, 0.1) is 0 Å². The summed E-state index contributed by atoms with van der Waals surface area (Å²) in [7, 11) is 0. The highest BCUT2D eigenvalue weighted by Gasteiger charge is 2.27. The van der Waals surface area contributed by atoms with Crippen molar-refractivity contribution in [3.05, 3.63) is 0 Å². The number of hydrogen-bond donors (Lipinski definition) is 1. The van der Waals surface area contributed by atoms with E-state index < -0.39 is 12.8 Å². The summed E-state index contributed by atoms with van der Waals surface area (Å²) in [5.41, 5.74) is 0. The lowest BCUT2D eigenvalue weighted by molar-refractivity contribution is -0.174. The summed E-state index contributed by atoms with van der Waals surface area (Å²) < 4.78 is 40.4. The third-order valence-electron chi connectivity index (χ3n) is 3.57. The first-order valence-corrected chi connectivity index (χ1v) is 7.04. The van der Waals surface area contributed by atoms with E-state index in [9.17, 15) is 13.2 Å². The Morgan fingerprint density at radius 3 is 2.74 bits per heavy atom. The van der Waals surface area contributed by atoms with Crippen molar-refractivity contribution in [3.8, 4) is 0 Å². The Labute approximate surface area is 113 Å². The molecule has 2 atom stereocenters. The van der Waals surface area contributed by atoms with Gasteiger partial charge in [-0.2, -0.15) is 13.2 Å². The van der Waals surface area contributed by atoms with Crippen LogP contribution in [0.5, 0.6) is 0 Å². The molecule has 0 aromatic rings. The maximum absolute atomic E-state index is 11.9. The molecule has 0 spiro atoms. The third-order valence-corrected chi connectivity index (χ3v) is 3.57. The zero-order chi connectivity index (χ0) is 14.3. The Balaban J connectivity index is 2.22. The van der Waals surface area contributed by atoms with Crippen LogP contribution in [-0.2, 0) is 4.74 Å². The van der Waals surface area contributed by atoms with Crippen LogP contribution in [0.2, 0.25) is 0 Å². The number of halogens is 3. The van der Waals surface area contributed by atoms with Crippen molar-refractivity contribution in [2.75, 3.05) is 32.8 Å². The lowest BCUT2D eigenvalue weighted by atomic mass is 10.2. The molecule has 19 heavy (non-hydrogen) atoms. The van der Waals surface area contributed by atoms with Crippen molar-refractivity contribution >= 4 is 0 Å². The molecule has 1 rings (SSSR count). The molecule has 2 unspecified atom stereocenters. The van der Waals surface area contributed by atoms with Crippen LogP contribution in [0.3, 0.4) is 0 Å². The first-order valence-electron chi connectivity index (χ1n) is 7.04. The van der Waals surface area contributed by atoms with Crippen molar-refractivity contribution < 1.29 is 17.9 Å². The van der Waals surface area contributed by atoms with Gasteiger partial charge in [0.1, 0.15) is 6.61 Å². The van der Waals surface area contributed by atoms with Crippen LogP contribution in [0, 0.1) is 0 Å². The summed E-state index contributed by atoms with van der Waals surface area (Å²) in [4.78, 5) is 2.35. The van der Waals surface area contributed by atoms with Gasteiger partial charge in [-0.05, 0) is 32.7 Å². The van der Waals surface area contributed by atoms with Crippen LogP contribution in [0.4, 0.5) is 13.2 Å². The van der Waals surface area contributed by atoms with Gasteiger partial charge in [-0.25, -0.2) is 0 Å². The number of alkyl halides is 3. The Morgan fingerprint density at radius 2 is 2.11 bits per heavy atom. The normalized spacial score (nSPS) is 26.4. The molecule has 1 N–H and O–H groups in total. The molecule has 0 aromatic carbocycles. The molecule has 1 aliphatic rings. The van der Waals surface area contributed by atoms with Crippen molar-refractivity contribution in [2.24, 2.45) is 0 Å². The van der Waals surface area contributed by atoms with Crippen LogP contribution in [0.15, 0.2) is 0 Å². The second-order valence-electron chi connectivity index (χ2n) is 5.21. The van der Waals surface area contributed by atoms with Crippen LogP contribution in [0.1, 0.15) is 33.1 Å². The predicted octanol–water partition coefficient (Wildman–Crippen LogP) is 2.42. The smallest absolute Gasteiger partial charge is 0.372 e. The molecule has 0 aliphatic carbocycles. The van der Waals surface area contributed by atoms with E-state index >= 15 is 0 Å². The van der Waals surface area contributed by atoms with Gasteiger partial charge in [0, 0.05) is 31.8 Å². The Hall–Kier alpha value is -0.330. The van der Waals surface area contributed by atoms with Gasteiger partial charge in [0.25, 0.3) is 0 Å². The third kappa shape index (κ3) is 7.13. The van der Waals surface area contributed by atoms with E-state index in [1.54, 1.807) is 0 Å². The number of rotatable bonds is 6. The topological polar surface area (TPSA) is 24.5 Å². The molecule has 114 valence electrons. The van der Waals surface area contributed by atoms with E-state index in [1.165, 1.54) is 0 Å². The second kappa shape index (κ2) is 8.07. The van der Waals surface area contributed by atoms with E-state index in [0.29, 0.717) is 18.5 Å². The van der Waals surface area contributed by atoms with Crippen molar-refractivity contribution in [2.45, 2.75) is 51.4 Å². The zero-order valence-corrected chi connectivity index (χ0v) is 11.8. The average molecular weight is 282 g/mol. The predicted molar refractivity (Wildman–Crippen MR) is 69.2 cm³/mol. The first-order chi connectivity index (χ1) is 8.92. The van der Waals surface area contributed by atoms with Crippen LogP contribution in [-0.4, -0.2) is 56.0 Å². The molecule has 1 fully saturated rings. The minimum Gasteiger partial charge on any atom is -0.372 e. The summed E-state index contributed by atoms with van der Waals surface area (Å²) in [6.45, 7) is 6.15. The molecule has 0 amide bonds. The highest BCUT2D eigenvalue weighted by atomic mass is 19.4. The fourth-order valence-electron chi connectivity index (χ4n) is 2.35. The number of hydrogen-bond acceptors (Lipinski definition) is 3. The van der Waals surface area contributed by atoms with Gasteiger partial charge in [-0.1, -0.05) is 6.92 Å². The summed E-state index contributed by atoms with van der Waals surface area (Å²) in [5, 5.41) is 3.49. The van der Waals surface area contributed by atoms with Gasteiger partial charge in [-0.3, -0.25) is 4.90 Å². The Bertz CT molecular complexity index is 249. The standard InChI is InChI=1S/C13H25F3N2O/c1-3-12-9-18(11(2)5-6-17-12)7-4-8-19-10-13(14,15)16/h11-12,17H,3-10H2,1-2H3. The molecule has 0 aromatic heterocycles. The van der Waals surface area contributed by atoms with Crippen LogP contribution >= 0.6 is 0 Å². The molecule has 3 nitrogen and oxygen atoms in total. The second-order valence-corrected chi connectivity index (χ2v) is 5.21. The fourth-order valence-corrected chi connectivity index (χ4v) is 2.35. The lowest BCUT2D eigenvalue weighted by Gasteiger charge is -2.28. The SMILES string of the molecule is CCC1CN(CCCOCC(F)(F)F)C(C)CCN1. The number of ether oxygens (including phenoxy) is 1. The molecule has 6 heteroatoms. The molecule has 1 aliphatic heterocycles. The van der Waals surface area contributed by atoms with Crippen LogP contribution in [0.25, 0.3) is 0 Å². The highest BCUT2D eigenvalue weighted by Crippen LogP contribution is 2.15. The van der Waals surface area contributed by atoms with Gasteiger partial charge in [-0.15, -0.1) is 0 Å². The van der Waals surface area contributed by atoms with E-state index in [4.69, 9.17) is 0 Å². The Kier molecular flexibility index (Phi) is 7.10. The summed E-state index contributed by atoms with van der Waals surface area (Å²) in [6.07, 6.45) is -1.41. The molecular formula is C13H25F3N2O. The Morgan fingerprint density at radius 1 is 1.37 bits per heavy atom. The van der Waals surface area contributed by atoms with Crippen LogP contribution < -0.4 is 5.32 Å². The summed E-state index contributed by atoms with van der Waals surface area (Å²) in [5.74, 6) is 0. The molecule has 0 saturated carbocycles. The maximum Gasteiger partial charge on any atom is 0.411 e. The maximum atomic E-state index is 11.9. The molecular weight excluding hydrogens is 257 g/mol. The minimum absolute atomic E-state index is 0.174. The molecule has 0 radical (unpaired) electrons. The van der Waals surface area contributed by atoms with Gasteiger partial charge >= 0.3 is 6.18 Å². The average Bonchev–Trinajstić information content (AvgIpc) is 2.50.